The van der Waals surface area contributed by atoms with Gasteiger partial charge >= 0.3 is 0 Å². The first-order valence-electron chi connectivity index (χ1n) is 10.0. The molecule has 1 unspecified atom stereocenters. The fourth-order valence-electron chi connectivity index (χ4n) is 4.29. The van der Waals surface area contributed by atoms with Crippen LogP contribution in [0.25, 0.3) is 0 Å². The summed E-state index contributed by atoms with van der Waals surface area (Å²) in [6.45, 7) is 3.13. The van der Waals surface area contributed by atoms with E-state index in [1.165, 1.54) is 16.2 Å². The predicted octanol–water partition coefficient (Wildman–Crippen LogP) is 3.76. The van der Waals surface area contributed by atoms with E-state index in [2.05, 4.69) is 54.0 Å². The molecule has 1 aliphatic heterocycles. The minimum absolute atomic E-state index is 0.0791. The summed E-state index contributed by atoms with van der Waals surface area (Å²) in [6.07, 6.45) is 2.34. The molecule has 3 nitrogen and oxygen atoms in total. The molecule has 1 aromatic heterocycles. The number of thiophene rings is 1. The van der Waals surface area contributed by atoms with E-state index in [9.17, 15) is 4.79 Å². The van der Waals surface area contributed by atoms with Gasteiger partial charge in [-0.25, -0.2) is 0 Å². The molecule has 28 heavy (non-hydrogen) atoms. The number of nitrogens with one attached hydrogen (secondary N) is 2. The minimum Gasteiger partial charge on any atom is -0.340 e. The third-order valence-corrected chi connectivity index (χ3v) is 6.78. The van der Waals surface area contributed by atoms with Crippen LogP contribution in [0.4, 0.5) is 0 Å². The van der Waals surface area contributed by atoms with Gasteiger partial charge in [-0.2, -0.15) is 0 Å². The van der Waals surface area contributed by atoms with Crippen LogP contribution in [0.15, 0.2) is 78.2 Å². The molecule has 0 aliphatic carbocycles. The number of hydrogen-bond acceptors (Lipinski definition) is 2. The van der Waals surface area contributed by atoms with Crippen LogP contribution in [0.3, 0.4) is 0 Å². The van der Waals surface area contributed by atoms with Gasteiger partial charge in [-0.3, -0.25) is 4.79 Å². The SMILES string of the molecule is C[C@H](C(=O)NC(c1ccccc1)c1ccccc1)[NH+]1CCC[C@@H]1c1cccs1. The van der Waals surface area contributed by atoms with Gasteiger partial charge in [-0.05, 0) is 29.5 Å². The van der Waals surface area contributed by atoms with Gasteiger partial charge in [0.2, 0.25) is 0 Å². The first-order valence-corrected chi connectivity index (χ1v) is 10.9. The van der Waals surface area contributed by atoms with Crippen LogP contribution in [-0.4, -0.2) is 18.5 Å². The van der Waals surface area contributed by atoms with Crippen molar-refractivity contribution < 1.29 is 9.69 Å². The Morgan fingerprint density at radius 3 is 2.21 bits per heavy atom. The average Bonchev–Trinajstić information content (AvgIpc) is 3.44. The highest BCUT2D eigenvalue weighted by Crippen LogP contribution is 2.25. The quantitative estimate of drug-likeness (QED) is 0.659. The average molecular weight is 392 g/mol. The van der Waals surface area contributed by atoms with Crippen molar-refractivity contribution in [2.24, 2.45) is 0 Å². The molecule has 2 N–H and O–H groups in total. The third kappa shape index (κ3) is 4.03. The van der Waals surface area contributed by atoms with Crippen molar-refractivity contribution in [1.82, 2.24) is 5.32 Å². The summed E-state index contributed by atoms with van der Waals surface area (Å²) >= 11 is 1.81. The maximum Gasteiger partial charge on any atom is 0.278 e. The summed E-state index contributed by atoms with van der Waals surface area (Å²) in [5.41, 5.74) is 2.22. The Kier molecular flexibility index (Phi) is 5.89. The summed E-state index contributed by atoms with van der Waals surface area (Å²) in [5, 5.41) is 5.47. The Labute approximate surface area is 171 Å². The maximum absolute atomic E-state index is 13.3. The van der Waals surface area contributed by atoms with Gasteiger partial charge in [0.15, 0.2) is 6.04 Å². The van der Waals surface area contributed by atoms with Crippen LogP contribution in [0, 0.1) is 0 Å². The molecular weight excluding hydrogens is 364 g/mol. The normalized spacial score (nSPS) is 20.2. The number of benzene rings is 2. The van der Waals surface area contributed by atoms with E-state index < -0.39 is 0 Å². The monoisotopic (exact) mass is 391 g/mol. The highest BCUT2D eigenvalue weighted by molar-refractivity contribution is 7.10. The van der Waals surface area contributed by atoms with Crippen LogP contribution in [-0.2, 0) is 4.79 Å². The number of hydrogen-bond donors (Lipinski definition) is 2. The summed E-state index contributed by atoms with van der Waals surface area (Å²) < 4.78 is 0. The van der Waals surface area contributed by atoms with Crippen LogP contribution in [0.2, 0.25) is 0 Å². The van der Waals surface area contributed by atoms with E-state index in [-0.39, 0.29) is 18.0 Å². The van der Waals surface area contributed by atoms with Gasteiger partial charge in [0.1, 0.15) is 6.04 Å². The standard InChI is InChI=1S/C24H26N2OS/c1-18(26-16-8-14-21(26)22-15-9-17-28-22)24(27)25-23(19-10-4-2-5-11-19)20-12-6-3-7-13-20/h2-7,9-13,15,17-18,21,23H,8,14,16H2,1H3,(H,25,27)/p+1/t18-,21-/m1/s1. The fourth-order valence-corrected chi connectivity index (χ4v) is 5.19. The number of likely N-dealkylation sites (tertiary alicyclic amines) is 1. The Morgan fingerprint density at radius 2 is 1.64 bits per heavy atom. The molecular formula is C24H27N2OS+. The first kappa shape index (κ1) is 18.9. The van der Waals surface area contributed by atoms with Gasteiger partial charge in [0, 0.05) is 12.8 Å². The Morgan fingerprint density at radius 1 is 1.00 bits per heavy atom. The molecule has 0 saturated carbocycles. The molecule has 1 fully saturated rings. The van der Waals surface area contributed by atoms with Crippen molar-refractivity contribution in [2.75, 3.05) is 6.54 Å². The fraction of sp³-hybridized carbons (Fsp3) is 0.292. The Balaban J connectivity index is 1.54. The highest BCUT2D eigenvalue weighted by atomic mass is 32.1. The van der Waals surface area contributed by atoms with Gasteiger partial charge < -0.3 is 10.2 Å². The highest BCUT2D eigenvalue weighted by Gasteiger charge is 2.38. The molecule has 1 amide bonds. The second kappa shape index (κ2) is 8.72. The molecule has 2 aromatic carbocycles. The van der Waals surface area contributed by atoms with Gasteiger partial charge in [-0.1, -0.05) is 66.7 Å². The molecule has 4 heteroatoms. The first-order chi connectivity index (χ1) is 13.7. The van der Waals surface area contributed by atoms with Crippen molar-refractivity contribution in [3.05, 3.63) is 94.2 Å². The molecule has 1 aliphatic rings. The topological polar surface area (TPSA) is 33.5 Å². The number of carbonyl (C=O) groups is 1. The zero-order valence-electron chi connectivity index (χ0n) is 16.2. The summed E-state index contributed by atoms with van der Waals surface area (Å²) in [6, 6.07) is 25.0. The lowest BCUT2D eigenvalue weighted by atomic mass is 9.98. The third-order valence-electron chi connectivity index (χ3n) is 5.79. The van der Waals surface area contributed by atoms with Crippen molar-refractivity contribution >= 4 is 17.2 Å². The summed E-state index contributed by atoms with van der Waals surface area (Å²) in [5.74, 6) is 0.121. The lowest BCUT2D eigenvalue weighted by Gasteiger charge is -2.28. The van der Waals surface area contributed by atoms with Crippen molar-refractivity contribution in [1.29, 1.82) is 0 Å². The summed E-state index contributed by atoms with van der Waals surface area (Å²) in [7, 11) is 0. The van der Waals surface area contributed by atoms with Crippen LogP contribution < -0.4 is 10.2 Å². The molecule has 2 heterocycles. The van der Waals surface area contributed by atoms with Crippen molar-refractivity contribution in [2.45, 2.75) is 37.9 Å². The maximum atomic E-state index is 13.3. The van der Waals surface area contributed by atoms with Crippen molar-refractivity contribution in [3.8, 4) is 0 Å². The lowest BCUT2D eigenvalue weighted by molar-refractivity contribution is -0.931. The number of carbonyl (C=O) groups excluding carboxylic acids is 1. The molecule has 3 aromatic rings. The van der Waals surface area contributed by atoms with E-state index in [4.69, 9.17) is 0 Å². The molecule has 144 valence electrons. The number of amides is 1. The van der Waals surface area contributed by atoms with Crippen LogP contribution in [0.5, 0.6) is 0 Å². The van der Waals surface area contributed by atoms with Gasteiger partial charge in [-0.15, -0.1) is 11.3 Å². The van der Waals surface area contributed by atoms with E-state index in [0.29, 0.717) is 6.04 Å². The second-order valence-electron chi connectivity index (χ2n) is 7.52. The Bertz CT molecular complexity index is 840. The van der Waals surface area contributed by atoms with Crippen LogP contribution in [0.1, 0.15) is 47.9 Å². The molecule has 0 spiro atoms. The van der Waals surface area contributed by atoms with Gasteiger partial charge in [0.05, 0.1) is 17.5 Å². The van der Waals surface area contributed by atoms with E-state index >= 15 is 0 Å². The number of quaternary nitrogens is 1. The van der Waals surface area contributed by atoms with E-state index in [1.54, 1.807) is 0 Å². The predicted molar refractivity (Wildman–Crippen MR) is 114 cm³/mol. The number of rotatable bonds is 6. The van der Waals surface area contributed by atoms with Crippen LogP contribution >= 0.6 is 11.3 Å². The van der Waals surface area contributed by atoms with Crippen molar-refractivity contribution in [3.63, 3.8) is 0 Å². The summed E-state index contributed by atoms with van der Waals surface area (Å²) in [4.78, 5) is 16.1. The zero-order chi connectivity index (χ0) is 19.3. The molecule has 0 bridgehead atoms. The largest absolute Gasteiger partial charge is 0.340 e. The molecule has 1 saturated heterocycles. The zero-order valence-corrected chi connectivity index (χ0v) is 17.0. The minimum atomic E-state index is -0.125. The lowest BCUT2D eigenvalue weighted by Crippen LogP contribution is -3.15. The van der Waals surface area contributed by atoms with Gasteiger partial charge in [0.25, 0.3) is 5.91 Å². The Hall–Kier alpha value is -2.43. The smallest absolute Gasteiger partial charge is 0.278 e. The molecule has 0 radical (unpaired) electrons. The molecule has 4 rings (SSSR count). The van der Waals surface area contributed by atoms with E-state index in [0.717, 1.165) is 24.1 Å². The molecule has 3 atom stereocenters. The van der Waals surface area contributed by atoms with E-state index in [1.807, 2.05) is 47.7 Å². The second-order valence-corrected chi connectivity index (χ2v) is 8.50.